The van der Waals surface area contributed by atoms with Crippen LogP contribution in [-0.2, 0) is 19.5 Å². The summed E-state index contributed by atoms with van der Waals surface area (Å²) in [7, 11) is -3.78. The van der Waals surface area contributed by atoms with E-state index in [0.717, 1.165) is 11.3 Å². The van der Waals surface area contributed by atoms with E-state index in [-0.39, 0.29) is 47.5 Å². The number of nitrogens with one attached hydrogen (secondary N) is 1. The van der Waals surface area contributed by atoms with Crippen molar-refractivity contribution in [2.75, 3.05) is 25.0 Å². The number of esters is 1. The van der Waals surface area contributed by atoms with Crippen molar-refractivity contribution >= 4 is 38.4 Å². The van der Waals surface area contributed by atoms with E-state index in [9.17, 15) is 18.0 Å². The van der Waals surface area contributed by atoms with Gasteiger partial charge >= 0.3 is 5.97 Å². The Labute approximate surface area is 185 Å². The number of hydrogen-bond donors (Lipinski definition) is 1. The minimum atomic E-state index is -3.78. The summed E-state index contributed by atoms with van der Waals surface area (Å²) in [6.45, 7) is 7.73. The topological polar surface area (TPSA) is 115 Å². The molecule has 1 aromatic carbocycles. The number of amides is 1. The van der Waals surface area contributed by atoms with Crippen LogP contribution in [0.4, 0.5) is 5.13 Å². The third kappa shape index (κ3) is 5.29. The molecule has 1 aromatic heterocycles. The number of aryl methyl sites for hydroxylation is 1. The fourth-order valence-corrected chi connectivity index (χ4v) is 5.77. The smallest absolute Gasteiger partial charge is 0.350 e. The van der Waals surface area contributed by atoms with E-state index >= 15 is 0 Å². The molecule has 1 amide bonds. The molecule has 2 atom stereocenters. The number of benzene rings is 1. The van der Waals surface area contributed by atoms with Crippen LogP contribution in [0.15, 0.2) is 29.2 Å². The highest BCUT2D eigenvalue weighted by Gasteiger charge is 2.32. The van der Waals surface area contributed by atoms with Crippen molar-refractivity contribution in [2.45, 2.75) is 44.8 Å². The van der Waals surface area contributed by atoms with Crippen LogP contribution in [0.1, 0.15) is 46.5 Å². The van der Waals surface area contributed by atoms with Gasteiger partial charge in [-0.05, 0) is 45.9 Å². The van der Waals surface area contributed by atoms with Gasteiger partial charge in [-0.25, -0.2) is 18.2 Å². The fraction of sp³-hybridized carbons (Fsp3) is 0.450. The highest BCUT2D eigenvalue weighted by atomic mass is 32.2. The van der Waals surface area contributed by atoms with Gasteiger partial charge < -0.3 is 9.47 Å². The summed E-state index contributed by atoms with van der Waals surface area (Å²) in [5.41, 5.74) is 0.617. The normalized spacial score (nSPS) is 19.7. The van der Waals surface area contributed by atoms with Gasteiger partial charge in [0, 0.05) is 18.7 Å². The lowest BCUT2D eigenvalue weighted by Crippen LogP contribution is -2.48. The lowest BCUT2D eigenvalue weighted by Gasteiger charge is -2.34. The average Bonchev–Trinajstić information content (AvgIpc) is 3.07. The van der Waals surface area contributed by atoms with Gasteiger partial charge in [-0.1, -0.05) is 17.4 Å². The van der Waals surface area contributed by atoms with Crippen LogP contribution in [0.3, 0.4) is 0 Å². The Bertz CT molecular complexity index is 1070. The summed E-state index contributed by atoms with van der Waals surface area (Å²) < 4.78 is 38.1. The molecule has 3 rings (SSSR count). The lowest BCUT2D eigenvalue weighted by molar-refractivity contribution is -0.0440. The third-order valence-electron chi connectivity index (χ3n) is 4.60. The van der Waals surface area contributed by atoms with E-state index < -0.39 is 21.9 Å². The first-order valence-corrected chi connectivity index (χ1v) is 12.1. The Kier molecular flexibility index (Phi) is 7.10. The molecular formula is C20H25N3O6S2. The second kappa shape index (κ2) is 9.43. The lowest BCUT2D eigenvalue weighted by atomic mass is 10.2. The van der Waals surface area contributed by atoms with Gasteiger partial charge in [-0.2, -0.15) is 4.31 Å². The molecule has 2 heterocycles. The molecule has 0 spiro atoms. The second-order valence-electron chi connectivity index (χ2n) is 7.22. The third-order valence-corrected chi connectivity index (χ3v) is 7.48. The number of hydrogen-bond acceptors (Lipinski definition) is 8. The second-order valence-corrected chi connectivity index (χ2v) is 10.2. The molecule has 168 valence electrons. The molecule has 9 nitrogen and oxygen atoms in total. The maximum absolute atomic E-state index is 13.1. The number of aromatic nitrogens is 1. The average molecular weight is 468 g/mol. The molecule has 31 heavy (non-hydrogen) atoms. The van der Waals surface area contributed by atoms with E-state index in [1.807, 2.05) is 13.8 Å². The summed E-state index contributed by atoms with van der Waals surface area (Å²) >= 11 is 1.01. The zero-order valence-corrected chi connectivity index (χ0v) is 19.4. The van der Waals surface area contributed by atoms with E-state index in [1.165, 1.54) is 28.6 Å². The fourth-order valence-electron chi connectivity index (χ4n) is 3.28. The van der Waals surface area contributed by atoms with Crippen LogP contribution >= 0.6 is 11.3 Å². The van der Waals surface area contributed by atoms with Crippen molar-refractivity contribution in [1.82, 2.24) is 9.29 Å². The maximum atomic E-state index is 13.1. The molecule has 1 saturated heterocycles. The highest BCUT2D eigenvalue weighted by molar-refractivity contribution is 7.89. The van der Waals surface area contributed by atoms with E-state index in [0.29, 0.717) is 10.6 Å². The summed E-state index contributed by atoms with van der Waals surface area (Å²) in [5.74, 6) is -1.02. The van der Waals surface area contributed by atoms with Gasteiger partial charge in [-0.3, -0.25) is 10.1 Å². The SMILES string of the molecule is CCOC(=O)c1sc(NC(=O)c2cccc(S(=O)(=O)N3CC(C)OC(C)C3)c2)nc1C. The van der Waals surface area contributed by atoms with Gasteiger partial charge in [0.2, 0.25) is 10.0 Å². The van der Waals surface area contributed by atoms with Gasteiger partial charge in [0.05, 0.1) is 29.4 Å². The first-order valence-electron chi connectivity index (χ1n) is 9.83. The number of thiazole rings is 1. The van der Waals surface area contributed by atoms with Crippen LogP contribution in [0.5, 0.6) is 0 Å². The molecule has 0 bridgehead atoms. The molecule has 0 aliphatic carbocycles. The van der Waals surface area contributed by atoms with Crippen molar-refractivity contribution in [3.05, 3.63) is 40.4 Å². The van der Waals surface area contributed by atoms with Crippen molar-refractivity contribution in [1.29, 1.82) is 0 Å². The first-order chi connectivity index (χ1) is 14.6. The van der Waals surface area contributed by atoms with Crippen LogP contribution in [0.2, 0.25) is 0 Å². The van der Waals surface area contributed by atoms with Gasteiger partial charge in [0.25, 0.3) is 5.91 Å². The van der Waals surface area contributed by atoms with Crippen LogP contribution in [-0.4, -0.2) is 61.5 Å². The quantitative estimate of drug-likeness (QED) is 0.650. The molecule has 0 radical (unpaired) electrons. The number of sulfonamides is 1. The first kappa shape index (κ1) is 23.3. The largest absolute Gasteiger partial charge is 0.462 e. The molecule has 2 unspecified atom stereocenters. The molecule has 1 N–H and O–H groups in total. The molecular weight excluding hydrogens is 442 g/mol. The van der Waals surface area contributed by atoms with Gasteiger partial charge in [-0.15, -0.1) is 0 Å². The zero-order valence-electron chi connectivity index (χ0n) is 17.7. The number of morpholine rings is 1. The van der Waals surface area contributed by atoms with E-state index in [4.69, 9.17) is 9.47 Å². The molecule has 11 heteroatoms. The molecule has 1 aliphatic heterocycles. The summed E-state index contributed by atoms with van der Waals surface area (Å²) in [6.07, 6.45) is -0.432. The predicted octanol–water partition coefficient (Wildman–Crippen LogP) is 2.68. The summed E-state index contributed by atoms with van der Waals surface area (Å²) in [5, 5.41) is 2.85. The number of anilines is 1. The number of carbonyl (C=O) groups is 2. The van der Waals surface area contributed by atoms with E-state index in [2.05, 4.69) is 10.3 Å². The van der Waals surface area contributed by atoms with Crippen molar-refractivity contribution in [3.8, 4) is 0 Å². The Morgan fingerprint density at radius 1 is 1.29 bits per heavy atom. The van der Waals surface area contributed by atoms with Crippen LogP contribution < -0.4 is 5.32 Å². The molecule has 2 aromatic rings. The van der Waals surface area contributed by atoms with Crippen molar-refractivity contribution in [2.24, 2.45) is 0 Å². The number of nitrogens with zero attached hydrogens (tertiary/aromatic N) is 2. The predicted molar refractivity (Wildman–Crippen MR) is 116 cm³/mol. The minimum Gasteiger partial charge on any atom is -0.462 e. The van der Waals surface area contributed by atoms with Crippen LogP contribution in [0, 0.1) is 6.92 Å². The standard InChI is InChI=1S/C20H25N3O6S2/c1-5-28-19(25)17-14(4)21-20(30-17)22-18(24)15-7-6-8-16(9-15)31(26,27)23-10-12(2)29-13(3)11-23/h6-9,12-13H,5,10-11H2,1-4H3,(H,21,22,24). The Morgan fingerprint density at radius 2 is 1.97 bits per heavy atom. The van der Waals surface area contributed by atoms with E-state index in [1.54, 1.807) is 13.8 Å². The summed E-state index contributed by atoms with van der Waals surface area (Å²) in [6, 6.07) is 5.84. The van der Waals surface area contributed by atoms with Crippen LogP contribution in [0.25, 0.3) is 0 Å². The van der Waals surface area contributed by atoms with Crippen molar-refractivity contribution in [3.63, 3.8) is 0 Å². The Hall–Kier alpha value is -2.34. The highest BCUT2D eigenvalue weighted by Crippen LogP contribution is 2.25. The molecule has 1 aliphatic rings. The monoisotopic (exact) mass is 467 g/mol. The zero-order chi connectivity index (χ0) is 22.8. The number of rotatable bonds is 6. The van der Waals surface area contributed by atoms with Gasteiger partial charge in [0.1, 0.15) is 4.88 Å². The molecule has 0 saturated carbocycles. The number of ether oxygens (including phenoxy) is 2. The molecule has 1 fully saturated rings. The minimum absolute atomic E-state index is 0.0315. The number of carbonyl (C=O) groups excluding carboxylic acids is 2. The maximum Gasteiger partial charge on any atom is 0.350 e. The Balaban J connectivity index is 1.79. The van der Waals surface area contributed by atoms with Crippen molar-refractivity contribution < 1.29 is 27.5 Å². The van der Waals surface area contributed by atoms with Gasteiger partial charge in [0.15, 0.2) is 5.13 Å². The summed E-state index contributed by atoms with van der Waals surface area (Å²) in [4.78, 5) is 29.2. The Morgan fingerprint density at radius 3 is 2.61 bits per heavy atom.